The predicted molar refractivity (Wildman–Crippen MR) is 87.9 cm³/mol. The molecule has 124 valence electrons. The number of nitrogens with one attached hydrogen (secondary N) is 1. The van der Waals surface area contributed by atoms with Crippen LogP contribution in [0.5, 0.6) is 0 Å². The normalized spacial score (nSPS) is 18.0. The van der Waals surface area contributed by atoms with E-state index >= 15 is 0 Å². The molecule has 2 aromatic heterocycles. The number of aryl methyl sites for hydroxylation is 1. The Balaban J connectivity index is 1.81. The van der Waals surface area contributed by atoms with Crippen molar-refractivity contribution in [1.29, 1.82) is 0 Å². The van der Waals surface area contributed by atoms with E-state index in [1.807, 2.05) is 25.1 Å². The fourth-order valence-corrected chi connectivity index (χ4v) is 3.98. The molecule has 0 aliphatic carbocycles. The second kappa shape index (κ2) is 6.06. The van der Waals surface area contributed by atoms with Crippen LogP contribution in [0.4, 0.5) is 0 Å². The van der Waals surface area contributed by atoms with E-state index in [0.717, 1.165) is 16.8 Å². The molecule has 23 heavy (non-hydrogen) atoms. The van der Waals surface area contributed by atoms with E-state index in [2.05, 4.69) is 9.82 Å². The summed E-state index contributed by atoms with van der Waals surface area (Å²) < 4.78 is 27.0. The van der Waals surface area contributed by atoms with Crippen molar-refractivity contribution < 1.29 is 13.2 Å². The minimum absolute atomic E-state index is 0.0279. The van der Waals surface area contributed by atoms with Crippen molar-refractivity contribution >= 4 is 27.3 Å². The van der Waals surface area contributed by atoms with E-state index in [0.29, 0.717) is 18.0 Å². The van der Waals surface area contributed by atoms with E-state index in [9.17, 15) is 13.2 Å². The molecule has 1 N–H and O–H groups in total. The van der Waals surface area contributed by atoms with Crippen LogP contribution in [-0.2, 0) is 16.6 Å². The van der Waals surface area contributed by atoms with E-state index in [4.69, 9.17) is 0 Å². The third kappa shape index (κ3) is 3.62. The number of sulfonamides is 1. The van der Waals surface area contributed by atoms with Crippen LogP contribution in [0.2, 0.25) is 0 Å². The molecular weight excluding hydrogens is 336 g/mol. The molecule has 1 amide bonds. The first-order valence-electron chi connectivity index (χ1n) is 7.16. The molecule has 3 rings (SSSR count). The van der Waals surface area contributed by atoms with Crippen molar-refractivity contribution in [3.63, 3.8) is 0 Å². The summed E-state index contributed by atoms with van der Waals surface area (Å²) in [4.78, 5) is 16.2. The minimum Gasteiger partial charge on any atom is -0.330 e. The van der Waals surface area contributed by atoms with Gasteiger partial charge in [-0.2, -0.15) is 5.10 Å². The van der Waals surface area contributed by atoms with Crippen molar-refractivity contribution in [2.45, 2.75) is 19.5 Å². The van der Waals surface area contributed by atoms with Crippen LogP contribution in [0.25, 0.3) is 0 Å². The van der Waals surface area contributed by atoms with Crippen molar-refractivity contribution in [3.05, 3.63) is 39.8 Å². The molecule has 0 saturated heterocycles. The summed E-state index contributed by atoms with van der Waals surface area (Å²) in [5.74, 6) is -0.0279. The molecule has 1 atom stereocenters. The first-order valence-corrected chi connectivity index (χ1v) is 9.87. The highest BCUT2D eigenvalue weighted by molar-refractivity contribution is 7.88. The Bertz CT molecular complexity index is 825. The lowest BCUT2D eigenvalue weighted by molar-refractivity contribution is 0.0676. The Kier molecular flexibility index (Phi) is 4.26. The fourth-order valence-electron chi connectivity index (χ4n) is 2.65. The lowest BCUT2D eigenvalue weighted by atomic mass is 10.2. The summed E-state index contributed by atoms with van der Waals surface area (Å²) in [5, 5.41) is 4.26. The number of carbonyl (C=O) groups is 1. The van der Waals surface area contributed by atoms with Crippen molar-refractivity contribution in [2.24, 2.45) is 0 Å². The second-order valence-electron chi connectivity index (χ2n) is 5.64. The fraction of sp³-hybridized carbons (Fsp3) is 0.429. The summed E-state index contributed by atoms with van der Waals surface area (Å²) in [6, 6.07) is 5.40. The first-order chi connectivity index (χ1) is 10.8. The van der Waals surface area contributed by atoms with Gasteiger partial charge in [0.2, 0.25) is 10.0 Å². The molecule has 0 unspecified atom stereocenters. The van der Waals surface area contributed by atoms with Gasteiger partial charge in [0.15, 0.2) is 0 Å². The van der Waals surface area contributed by atoms with Gasteiger partial charge < -0.3 is 4.90 Å². The molecule has 9 heteroatoms. The second-order valence-corrected chi connectivity index (χ2v) is 8.76. The minimum atomic E-state index is -3.29. The average Bonchev–Trinajstić information content (AvgIpc) is 3.11. The van der Waals surface area contributed by atoms with Gasteiger partial charge in [-0.25, -0.2) is 13.1 Å². The summed E-state index contributed by atoms with van der Waals surface area (Å²) in [6.07, 6.45) is 2.79. The molecule has 0 bridgehead atoms. The number of nitrogens with zero attached hydrogens (tertiary/aromatic N) is 3. The summed E-state index contributed by atoms with van der Waals surface area (Å²) >= 11 is 1.47. The molecular formula is C14H18N4O3S2. The Morgan fingerprint density at radius 1 is 1.43 bits per heavy atom. The highest BCUT2D eigenvalue weighted by atomic mass is 32.2. The molecule has 0 fully saturated rings. The molecule has 0 radical (unpaired) electrons. The van der Waals surface area contributed by atoms with Crippen LogP contribution in [-0.4, -0.2) is 48.4 Å². The van der Waals surface area contributed by atoms with Gasteiger partial charge in [-0.15, -0.1) is 11.3 Å². The van der Waals surface area contributed by atoms with Gasteiger partial charge in [0, 0.05) is 24.2 Å². The molecule has 0 saturated carbocycles. The molecule has 0 aromatic carbocycles. The quantitative estimate of drug-likeness (QED) is 0.888. The van der Waals surface area contributed by atoms with Crippen LogP contribution in [0.3, 0.4) is 0 Å². The largest absolute Gasteiger partial charge is 0.330 e. The van der Waals surface area contributed by atoms with Gasteiger partial charge in [-0.3, -0.25) is 9.48 Å². The lowest BCUT2D eigenvalue weighted by Crippen LogP contribution is -2.45. The predicted octanol–water partition coefficient (Wildman–Crippen LogP) is 0.999. The SMILES string of the molecule is Cc1ccc(C(=O)N2Cc3ccnn3[C@@H](CNS(C)(=O)=O)C2)s1. The Morgan fingerprint density at radius 2 is 2.22 bits per heavy atom. The van der Waals surface area contributed by atoms with E-state index < -0.39 is 10.0 Å². The molecule has 3 heterocycles. The average molecular weight is 354 g/mol. The van der Waals surface area contributed by atoms with Crippen molar-refractivity contribution in [2.75, 3.05) is 19.3 Å². The Labute approximate surface area is 139 Å². The third-order valence-electron chi connectivity index (χ3n) is 3.70. The first kappa shape index (κ1) is 16.2. The number of hydrogen-bond acceptors (Lipinski definition) is 5. The topological polar surface area (TPSA) is 84.3 Å². The standard InChI is InChI=1S/C14H18N4O3S2/c1-10-3-4-13(22-10)14(19)17-8-11-5-6-15-18(11)12(9-17)7-16-23(2,20)21/h3-6,12,16H,7-9H2,1-2H3/t12-/m0/s1. The van der Waals surface area contributed by atoms with Gasteiger partial charge in [0.25, 0.3) is 5.91 Å². The molecule has 7 nitrogen and oxygen atoms in total. The van der Waals surface area contributed by atoms with Gasteiger partial charge in [-0.1, -0.05) is 0 Å². The molecule has 1 aliphatic rings. The lowest BCUT2D eigenvalue weighted by Gasteiger charge is -2.33. The molecule has 1 aliphatic heterocycles. The summed E-state index contributed by atoms with van der Waals surface area (Å²) in [5.41, 5.74) is 0.901. The number of rotatable bonds is 4. The summed E-state index contributed by atoms with van der Waals surface area (Å²) in [7, 11) is -3.29. The Hall–Kier alpha value is -1.71. The van der Waals surface area contributed by atoms with Crippen LogP contribution in [0, 0.1) is 6.92 Å². The van der Waals surface area contributed by atoms with Gasteiger partial charge in [0.05, 0.1) is 29.4 Å². The number of fused-ring (bicyclic) bond motifs is 1. The smallest absolute Gasteiger partial charge is 0.264 e. The van der Waals surface area contributed by atoms with Gasteiger partial charge in [0.1, 0.15) is 0 Å². The zero-order valence-corrected chi connectivity index (χ0v) is 14.5. The van der Waals surface area contributed by atoms with Gasteiger partial charge >= 0.3 is 0 Å². The number of thiophene rings is 1. The zero-order valence-electron chi connectivity index (χ0n) is 12.9. The number of carbonyl (C=O) groups excluding carboxylic acids is 1. The monoisotopic (exact) mass is 354 g/mol. The number of hydrogen-bond donors (Lipinski definition) is 1. The third-order valence-corrected chi connectivity index (χ3v) is 5.38. The highest BCUT2D eigenvalue weighted by Crippen LogP contribution is 2.24. The van der Waals surface area contributed by atoms with E-state index in [1.165, 1.54) is 11.3 Å². The maximum Gasteiger partial charge on any atom is 0.264 e. The van der Waals surface area contributed by atoms with Crippen LogP contribution < -0.4 is 4.72 Å². The van der Waals surface area contributed by atoms with E-state index in [1.54, 1.807) is 15.8 Å². The van der Waals surface area contributed by atoms with Gasteiger partial charge in [-0.05, 0) is 25.1 Å². The van der Waals surface area contributed by atoms with Crippen LogP contribution >= 0.6 is 11.3 Å². The maximum atomic E-state index is 12.7. The zero-order chi connectivity index (χ0) is 16.6. The number of aromatic nitrogens is 2. The number of amides is 1. The van der Waals surface area contributed by atoms with Crippen molar-refractivity contribution in [3.8, 4) is 0 Å². The summed E-state index contributed by atoms with van der Waals surface area (Å²) in [6.45, 7) is 3.07. The van der Waals surface area contributed by atoms with Crippen LogP contribution in [0.1, 0.15) is 26.3 Å². The highest BCUT2D eigenvalue weighted by Gasteiger charge is 2.29. The molecule has 0 spiro atoms. The van der Waals surface area contributed by atoms with Crippen LogP contribution in [0.15, 0.2) is 24.4 Å². The maximum absolute atomic E-state index is 12.7. The van der Waals surface area contributed by atoms with Crippen molar-refractivity contribution in [1.82, 2.24) is 19.4 Å². The van der Waals surface area contributed by atoms with E-state index in [-0.39, 0.29) is 18.5 Å². The Morgan fingerprint density at radius 3 is 2.87 bits per heavy atom. The molecule has 2 aromatic rings.